The van der Waals surface area contributed by atoms with E-state index in [4.69, 9.17) is 0 Å². The first-order valence-electron chi connectivity index (χ1n) is 5.60. The predicted molar refractivity (Wildman–Crippen MR) is 74.9 cm³/mol. The quantitative estimate of drug-likeness (QED) is 0.617. The molecule has 0 aliphatic carbocycles. The Morgan fingerprint density at radius 2 is 2.00 bits per heavy atom. The third kappa shape index (κ3) is 3.18. The lowest BCUT2D eigenvalue weighted by atomic mass is 10.2. The number of quaternary nitrogens is 1. The van der Waals surface area contributed by atoms with Crippen LogP contribution in [-0.2, 0) is 0 Å². The fourth-order valence-corrected chi connectivity index (χ4v) is 2.24. The molecule has 0 unspecified atom stereocenters. The van der Waals surface area contributed by atoms with Crippen molar-refractivity contribution in [3.8, 4) is 0 Å². The average molecular weight is 330 g/mol. The van der Waals surface area contributed by atoms with E-state index in [1.807, 2.05) is 6.21 Å². The van der Waals surface area contributed by atoms with Crippen LogP contribution < -0.4 is 4.90 Å². The molecule has 0 amide bonds. The Hall–Kier alpha value is -0.620. The third-order valence-electron chi connectivity index (χ3n) is 2.86. The van der Waals surface area contributed by atoms with Crippen LogP contribution in [0.3, 0.4) is 0 Å². The summed E-state index contributed by atoms with van der Waals surface area (Å²) >= 11 is 2.34. The van der Waals surface area contributed by atoms with Crippen LogP contribution in [0.1, 0.15) is 5.56 Å². The van der Waals surface area contributed by atoms with Gasteiger partial charge in [-0.05, 0) is 28.7 Å². The smallest absolute Gasteiger partial charge is 0.0964 e. The first-order chi connectivity index (χ1) is 7.75. The van der Waals surface area contributed by atoms with Crippen molar-refractivity contribution in [2.45, 2.75) is 0 Å². The second-order valence-corrected chi connectivity index (χ2v) is 5.34. The number of benzene rings is 1. The normalized spacial score (nSPS) is 18.2. The zero-order valence-electron chi connectivity index (χ0n) is 9.49. The molecule has 0 bridgehead atoms. The molecule has 3 nitrogen and oxygen atoms in total. The van der Waals surface area contributed by atoms with E-state index < -0.39 is 0 Å². The Morgan fingerprint density at radius 1 is 1.31 bits per heavy atom. The van der Waals surface area contributed by atoms with E-state index in [9.17, 15) is 0 Å². The largest absolute Gasteiger partial charge is 0.334 e. The highest BCUT2D eigenvalue weighted by Gasteiger charge is 2.13. The molecule has 86 valence electrons. The highest BCUT2D eigenvalue weighted by molar-refractivity contribution is 14.1. The van der Waals surface area contributed by atoms with Crippen molar-refractivity contribution >= 4 is 28.8 Å². The lowest BCUT2D eigenvalue weighted by molar-refractivity contribution is -0.884. The number of rotatable bonds is 2. The van der Waals surface area contributed by atoms with Gasteiger partial charge in [0, 0.05) is 9.13 Å². The summed E-state index contributed by atoms with van der Waals surface area (Å²) in [6.45, 7) is 4.49. The Morgan fingerprint density at radius 3 is 2.69 bits per heavy atom. The molecule has 1 N–H and O–H groups in total. The molecule has 2 rings (SSSR count). The minimum Gasteiger partial charge on any atom is -0.334 e. The number of nitrogens with zero attached hydrogens (tertiary/aromatic N) is 2. The predicted octanol–water partition coefficient (Wildman–Crippen LogP) is 0.455. The maximum Gasteiger partial charge on any atom is 0.0964 e. The highest BCUT2D eigenvalue weighted by atomic mass is 127. The topological polar surface area (TPSA) is 20.0 Å². The lowest BCUT2D eigenvalue weighted by Crippen LogP contribution is -3.11. The second kappa shape index (κ2) is 5.63. The van der Waals surface area contributed by atoms with Crippen LogP contribution in [0.4, 0.5) is 0 Å². The first-order valence-corrected chi connectivity index (χ1v) is 6.68. The fraction of sp³-hybridized carbons (Fsp3) is 0.417. The van der Waals surface area contributed by atoms with Crippen LogP contribution in [0.2, 0.25) is 0 Å². The maximum atomic E-state index is 4.54. The summed E-state index contributed by atoms with van der Waals surface area (Å²) in [6, 6.07) is 8.32. The molecule has 0 spiro atoms. The van der Waals surface area contributed by atoms with Gasteiger partial charge in [-0.1, -0.05) is 18.2 Å². The van der Waals surface area contributed by atoms with Gasteiger partial charge in [0.25, 0.3) is 0 Å². The third-order valence-corrected chi connectivity index (χ3v) is 3.84. The molecule has 0 atom stereocenters. The van der Waals surface area contributed by atoms with Gasteiger partial charge in [0.15, 0.2) is 0 Å². The molecular weight excluding hydrogens is 313 g/mol. The minimum atomic E-state index is 1.06. The number of piperazine rings is 1. The molecule has 0 radical (unpaired) electrons. The zero-order chi connectivity index (χ0) is 11.4. The SMILES string of the molecule is C[NH+]1CCN(/N=C\c2ccccc2I)CC1. The Bertz CT molecular complexity index is 370. The molecule has 1 aromatic rings. The second-order valence-electron chi connectivity index (χ2n) is 4.18. The van der Waals surface area contributed by atoms with Crippen LogP contribution in [0.25, 0.3) is 0 Å². The van der Waals surface area contributed by atoms with Crippen LogP contribution in [0.15, 0.2) is 29.4 Å². The number of hydrogen-bond donors (Lipinski definition) is 1. The average Bonchev–Trinajstić information content (AvgIpc) is 2.30. The van der Waals surface area contributed by atoms with Gasteiger partial charge >= 0.3 is 0 Å². The first kappa shape index (κ1) is 11.9. The minimum absolute atomic E-state index is 1.06. The molecule has 1 aliphatic rings. The summed E-state index contributed by atoms with van der Waals surface area (Å²) in [5.41, 5.74) is 1.20. The summed E-state index contributed by atoms with van der Waals surface area (Å²) in [5, 5.41) is 6.70. The van der Waals surface area contributed by atoms with Gasteiger partial charge < -0.3 is 4.90 Å². The highest BCUT2D eigenvalue weighted by Crippen LogP contribution is 2.09. The molecule has 1 heterocycles. The molecule has 0 aromatic heterocycles. The number of likely N-dealkylation sites (N-methyl/N-ethyl adjacent to an activating group) is 1. The summed E-state index contributed by atoms with van der Waals surface area (Å²) in [6.07, 6.45) is 1.97. The summed E-state index contributed by atoms with van der Waals surface area (Å²) in [4.78, 5) is 1.60. The van der Waals surface area contributed by atoms with Crippen molar-refractivity contribution in [2.75, 3.05) is 33.2 Å². The van der Waals surface area contributed by atoms with Gasteiger partial charge in [-0.3, -0.25) is 5.01 Å². The monoisotopic (exact) mass is 330 g/mol. The van der Waals surface area contributed by atoms with Crippen LogP contribution >= 0.6 is 22.6 Å². The fourth-order valence-electron chi connectivity index (χ4n) is 1.72. The van der Waals surface area contributed by atoms with E-state index in [-0.39, 0.29) is 0 Å². The summed E-state index contributed by atoms with van der Waals surface area (Å²) in [7, 11) is 2.24. The van der Waals surface area contributed by atoms with E-state index in [2.05, 4.69) is 64.0 Å². The van der Waals surface area contributed by atoms with E-state index in [1.54, 1.807) is 4.90 Å². The number of halogens is 1. The Balaban J connectivity index is 1.97. The van der Waals surface area contributed by atoms with E-state index in [0.717, 1.165) is 13.1 Å². The van der Waals surface area contributed by atoms with Crippen molar-refractivity contribution in [3.05, 3.63) is 33.4 Å². The molecule has 1 fully saturated rings. The molecule has 1 aliphatic heterocycles. The van der Waals surface area contributed by atoms with Crippen molar-refractivity contribution < 1.29 is 4.90 Å². The van der Waals surface area contributed by atoms with Gasteiger partial charge in [0.2, 0.25) is 0 Å². The van der Waals surface area contributed by atoms with Crippen LogP contribution in [0, 0.1) is 3.57 Å². The zero-order valence-corrected chi connectivity index (χ0v) is 11.6. The molecule has 1 aromatic carbocycles. The lowest BCUT2D eigenvalue weighted by Gasteiger charge is -2.27. The number of nitrogens with one attached hydrogen (secondary N) is 1. The number of hydrazone groups is 1. The van der Waals surface area contributed by atoms with E-state index >= 15 is 0 Å². The van der Waals surface area contributed by atoms with Gasteiger partial charge in [-0.25, -0.2) is 0 Å². The van der Waals surface area contributed by atoms with Crippen molar-refractivity contribution in [1.29, 1.82) is 0 Å². The molecular formula is C12H17IN3+. The van der Waals surface area contributed by atoms with Crippen LogP contribution in [-0.4, -0.2) is 44.5 Å². The van der Waals surface area contributed by atoms with E-state index in [1.165, 1.54) is 22.2 Å². The van der Waals surface area contributed by atoms with Crippen molar-refractivity contribution in [3.63, 3.8) is 0 Å². The molecule has 0 saturated carbocycles. The van der Waals surface area contributed by atoms with Gasteiger partial charge in [0.05, 0.1) is 39.4 Å². The van der Waals surface area contributed by atoms with Crippen LogP contribution in [0.5, 0.6) is 0 Å². The van der Waals surface area contributed by atoms with Gasteiger partial charge in [0.1, 0.15) is 0 Å². The maximum absolute atomic E-state index is 4.54. The summed E-state index contributed by atoms with van der Waals surface area (Å²) < 4.78 is 1.25. The Kier molecular flexibility index (Phi) is 4.17. The van der Waals surface area contributed by atoms with E-state index in [0.29, 0.717) is 0 Å². The summed E-state index contributed by atoms with van der Waals surface area (Å²) in [5.74, 6) is 0. The molecule has 16 heavy (non-hydrogen) atoms. The molecule has 1 saturated heterocycles. The van der Waals surface area contributed by atoms with Crippen molar-refractivity contribution in [1.82, 2.24) is 5.01 Å². The number of hydrogen-bond acceptors (Lipinski definition) is 2. The Labute approximate surface area is 110 Å². The van der Waals surface area contributed by atoms with Crippen molar-refractivity contribution in [2.24, 2.45) is 5.10 Å². The van der Waals surface area contributed by atoms with Gasteiger partial charge in [-0.15, -0.1) is 0 Å². The molecule has 4 heteroatoms. The van der Waals surface area contributed by atoms with Gasteiger partial charge in [-0.2, -0.15) is 5.10 Å². The standard InChI is InChI=1S/C12H16IN3/c1-15-6-8-16(9-7-15)14-10-11-4-2-3-5-12(11)13/h2-5,10H,6-9H2,1H3/p+1/b14-10-.